The SMILES string of the molecule is C[C@@H](O)C(=O)N1CCN(Cc2cccc3c(-c4cnc(N)nc4)nc(N4CCCCC4)nc23)CC1. The first-order valence-electron chi connectivity index (χ1n) is 12.3. The summed E-state index contributed by atoms with van der Waals surface area (Å²) in [5.41, 5.74) is 9.40. The van der Waals surface area contributed by atoms with Gasteiger partial charge in [0, 0.05) is 69.2 Å². The second-order valence-electron chi connectivity index (χ2n) is 9.34. The molecule has 0 bridgehead atoms. The molecule has 2 aliphatic heterocycles. The van der Waals surface area contributed by atoms with E-state index in [1.807, 2.05) is 12.1 Å². The molecule has 2 aliphatic rings. The largest absolute Gasteiger partial charge is 0.384 e. The summed E-state index contributed by atoms with van der Waals surface area (Å²) in [6, 6.07) is 6.20. The zero-order valence-corrected chi connectivity index (χ0v) is 20.1. The average Bonchev–Trinajstić information content (AvgIpc) is 2.89. The quantitative estimate of drug-likeness (QED) is 0.566. The lowest BCUT2D eigenvalue weighted by Crippen LogP contribution is -2.50. The highest BCUT2D eigenvalue weighted by Crippen LogP contribution is 2.31. The van der Waals surface area contributed by atoms with E-state index >= 15 is 0 Å². The first kappa shape index (κ1) is 23.4. The summed E-state index contributed by atoms with van der Waals surface area (Å²) in [5.74, 6) is 0.769. The number of fused-ring (bicyclic) bond motifs is 1. The van der Waals surface area contributed by atoms with Gasteiger partial charge in [0.05, 0.1) is 11.2 Å². The van der Waals surface area contributed by atoms with Crippen LogP contribution in [0.15, 0.2) is 30.6 Å². The molecule has 0 aliphatic carbocycles. The zero-order chi connectivity index (χ0) is 24.4. The van der Waals surface area contributed by atoms with Crippen molar-refractivity contribution in [2.24, 2.45) is 0 Å². The van der Waals surface area contributed by atoms with Crippen molar-refractivity contribution >= 4 is 28.7 Å². The maximum Gasteiger partial charge on any atom is 0.251 e. The third kappa shape index (κ3) is 5.03. The van der Waals surface area contributed by atoms with E-state index in [-0.39, 0.29) is 11.9 Å². The standard InChI is InChI=1S/C25H32N8O2/c1-17(34)23(35)32-12-10-31(11-13-32)16-18-6-5-7-20-21(18)29-25(33-8-3-2-4-9-33)30-22(20)19-14-27-24(26)28-15-19/h5-7,14-15,17,34H,2-4,8-13,16H2,1H3,(H2,26,27,28)/t17-/m1/s1. The van der Waals surface area contributed by atoms with Gasteiger partial charge in [0.2, 0.25) is 11.9 Å². The second-order valence-corrected chi connectivity index (χ2v) is 9.34. The summed E-state index contributed by atoms with van der Waals surface area (Å²) in [6.07, 6.45) is 5.99. The summed E-state index contributed by atoms with van der Waals surface area (Å²) >= 11 is 0. The van der Waals surface area contributed by atoms with Gasteiger partial charge >= 0.3 is 0 Å². The number of aliphatic hydroxyl groups excluding tert-OH is 1. The van der Waals surface area contributed by atoms with Gasteiger partial charge in [-0.15, -0.1) is 0 Å². The van der Waals surface area contributed by atoms with Crippen molar-refractivity contribution in [1.82, 2.24) is 29.7 Å². The van der Waals surface area contributed by atoms with Crippen molar-refractivity contribution < 1.29 is 9.90 Å². The molecule has 1 aromatic carbocycles. The number of rotatable bonds is 5. The highest BCUT2D eigenvalue weighted by atomic mass is 16.3. The third-order valence-corrected chi connectivity index (χ3v) is 6.82. The molecule has 0 radical (unpaired) electrons. The lowest BCUT2D eigenvalue weighted by atomic mass is 10.0. The number of aliphatic hydroxyl groups is 1. The van der Waals surface area contributed by atoms with Crippen LogP contribution in [0.1, 0.15) is 31.7 Å². The Morgan fingerprint density at radius 1 is 1.03 bits per heavy atom. The van der Waals surface area contributed by atoms with Crippen molar-refractivity contribution in [2.75, 3.05) is 49.9 Å². The van der Waals surface area contributed by atoms with Gasteiger partial charge in [0.25, 0.3) is 5.91 Å². The van der Waals surface area contributed by atoms with Gasteiger partial charge in [-0.3, -0.25) is 9.69 Å². The Labute approximate surface area is 204 Å². The Morgan fingerprint density at radius 3 is 2.43 bits per heavy atom. The Balaban J connectivity index is 1.48. The van der Waals surface area contributed by atoms with Crippen LogP contribution in [0.25, 0.3) is 22.2 Å². The number of nitrogens with two attached hydrogens (primary N) is 1. The number of amides is 1. The summed E-state index contributed by atoms with van der Waals surface area (Å²) in [7, 11) is 0. The number of nitrogen functional groups attached to an aromatic ring is 1. The topological polar surface area (TPSA) is 125 Å². The Bertz CT molecular complexity index is 1190. The van der Waals surface area contributed by atoms with E-state index in [2.05, 4.69) is 25.8 Å². The molecular weight excluding hydrogens is 444 g/mol. The second kappa shape index (κ2) is 10.1. The van der Waals surface area contributed by atoms with Gasteiger partial charge in [-0.05, 0) is 31.7 Å². The molecular formula is C25H32N8O2. The summed E-state index contributed by atoms with van der Waals surface area (Å²) in [4.78, 5) is 36.9. The first-order valence-corrected chi connectivity index (χ1v) is 12.3. The number of nitrogens with zero attached hydrogens (tertiary/aromatic N) is 7. The molecule has 3 N–H and O–H groups in total. The van der Waals surface area contributed by atoms with Crippen LogP contribution in [0, 0.1) is 0 Å². The predicted octanol–water partition coefficient (Wildman–Crippen LogP) is 1.68. The minimum Gasteiger partial charge on any atom is -0.384 e. The van der Waals surface area contributed by atoms with Crippen LogP contribution in [0.2, 0.25) is 0 Å². The Kier molecular flexibility index (Phi) is 6.74. The van der Waals surface area contributed by atoms with Crippen molar-refractivity contribution in [3.63, 3.8) is 0 Å². The van der Waals surface area contributed by atoms with Gasteiger partial charge < -0.3 is 20.6 Å². The number of para-hydroxylation sites is 1. The van der Waals surface area contributed by atoms with E-state index in [4.69, 9.17) is 15.7 Å². The van der Waals surface area contributed by atoms with E-state index < -0.39 is 6.10 Å². The third-order valence-electron chi connectivity index (χ3n) is 6.82. The predicted molar refractivity (Wildman–Crippen MR) is 135 cm³/mol. The summed E-state index contributed by atoms with van der Waals surface area (Å²) in [6.45, 7) is 6.85. The number of anilines is 2. The van der Waals surface area contributed by atoms with Gasteiger partial charge in [0.15, 0.2) is 0 Å². The van der Waals surface area contributed by atoms with Gasteiger partial charge in [0.1, 0.15) is 6.10 Å². The van der Waals surface area contributed by atoms with Crippen LogP contribution in [0.5, 0.6) is 0 Å². The fourth-order valence-corrected chi connectivity index (χ4v) is 4.87. The van der Waals surface area contributed by atoms with Gasteiger partial charge in [-0.1, -0.05) is 18.2 Å². The minimum absolute atomic E-state index is 0.205. The number of benzene rings is 1. The number of carbonyl (C=O) groups excluding carboxylic acids is 1. The number of aromatic nitrogens is 4. The Hall–Kier alpha value is -3.37. The van der Waals surface area contributed by atoms with E-state index in [1.54, 1.807) is 17.3 Å². The molecule has 2 saturated heterocycles. The summed E-state index contributed by atoms with van der Waals surface area (Å²) < 4.78 is 0. The highest BCUT2D eigenvalue weighted by Gasteiger charge is 2.25. The monoisotopic (exact) mass is 476 g/mol. The number of piperazine rings is 1. The summed E-state index contributed by atoms with van der Waals surface area (Å²) in [5, 5.41) is 10.6. The number of carbonyl (C=O) groups is 1. The molecule has 184 valence electrons. The smallest absolute Gasteiger partial charge is 0.251 e. The molecule has 0 saturated carbocycles. The molecule has 0 unspecified atom stereocenters. The van der Waals surface area contributed by atoms with Crippen molar-refractivity contribution in [3.8, 4) is 11.3 Å². The van der Waals surface area contributed by atoms with Crippen molar-refractivity contribution in [3.05, 3.63) is 36.2 Å². The molecule has 1 atom stereocenters. The van der Waals surface area contributed by atoms with Crippen molar-refractivity contribution in [2.45, 2.75) is 38.8 Å². The van der Waals surface area contributed by atoms with Crippen molar-refractivity contribution in [1.29, 1.82) is 0 Å². The lowest BCUT2D eigenvalue weighted by Gasteiger charge is -2.35. The molecule has 2 fully saturated rings. The van der Waals surface area contributed by atoms with E-state index in [9.17, 15) is 9.90 Å². The van der Waals surface area contributed by atoms with Crippen LogP contribution in [0.3, 0.4) is 0 Å². The van der Waals surface area contributed by atoms with Crippen LogP contribution in [-0.4, -0.2) is 86.1 Å². The molecule has 2 aromatic heterocycles. The minimum atomic E-state index is -0.958. The van der Waals surface area contributed by atoms with Gasteiger partial charge in [-0.2, -0.15) is 0 Å². The molecule has 3 aromatic rings. The molecule has 4 heterocycles. The van der Waals surface area contributed by atoms with E-state index in [0.717, 1.165) is 79.2 Å². The van der Waals surface area contributed by atoms with E-state index in [1.165, 1.54) is 13.3 Å². The normalized spacial score (nSPS) is 18.1. The number of piperidine rings is 1. The molecule has 10 heteroatoms. The highest BCUT2D eigenvalue weighted by molar-refractivity contribution is 5.94. The fourth-order valence-electron chi connectivity index (χ4n) is 4.87. The maximum atomic E-state index is 12.1. The number of hydrogen-bond donors (Lipinski definition) is 2. The van der Waals surface area contributed by atoms with Crippen LogP contribution in [0.4, 0.5) is 11.9 Å². The first-order chi connectivity index (χ1) is 17.0. The molecule has 10 nitrogen and oxygen atoms in total. The molecule has 1 amide bonds. The van der Waals surface area contributed by atoms with Crippen LogP contribution in [-0.2, 0) is 11.3 Å². The Morgan fingerprint density at radius 2 is 1.74 bits per heavy atom. The lowest BCUT2D eigenvalue weighted by molar-refractivity contribution is -0.141. The fraction of sp³-hybridized carbons (Fsp3) is 0.480. The van der Waals surface area contributed by atoms with E-state index in [0.29, 0.717) is 13.1 Å². The van der Waals surface area contributed by atoms with Gasteiger partial charge in [-0.25, -0.2) is 19.9 Å². The maximum absolute atomic E-state index is 12.1. The zero-order valence-electron chi connectivity index (χ0n) is 20.1. The molecule has 35 heavy (non-hydrogen) atoms. The molecule has 0 spiro atoms. The van der Waals surface area contributed by atoms with Crippen LogP contribution >= 0.6 is 0 Å². The van der Waals surface area contributed by atoms with Crippen LogP contribution < -0.4 is 10.6 Å². The average molecular weight is 477 g/mol. The number of hydrogen-bond acceptors (Lipinski definition) is 9. The molecule has 5 rings (SSSR count).